The number of nitrogens with zero attached hydrogens (tertiary/aromatic N) is 3. The summed E-state index contributed by atoms with van der Waals surface area (Å²) in [5.41, 5.74) is 12.0. The van der Waals surface area contributed by atoms with E-state index in [9.17, 15) is 9.59 Å². The first-order valence-electron chi connectivity index (χ1n) is 5.87. The van der Waals surface area contributed by atoms with Crippen LogP contribution in [0, 0.1) is 0 Å². The molecule has 0 bridgehead atoms. The van der Waals surface area contributed by atoms with Crippen molar-refractivity contribution in [2.75, 3.05) is 5.32 Å². The van der Waals surface area contributed by atoms with Crippen LogP contribution in [-0.2, 0) is 17.9 Å². The van der Waals surface area contributed by atoms with Crippen LogP contribution >= 0.6 is 0 Å². The molecule has 8 nitrogen and oxygen atoms in total. The van der Waals surface area contributed by atoms with E-state index in [2.05, 4.69) is 15.6 Å². The second kappa shape index (κ2) is 5.93. The third-order valence-electron chi connectivity index (χ3n) is 2.53. The van der Waals surface area contributed by atoms with Crippen LogP contribution in [0.5, 0.6) is 0 Å². The Balaban J connectivity index is 2.00. The van der Waals surface area contributed by atoms with Gasteiger partial charge in [-0.3, -0.25) is 9.59 Å². The molecule has 5 N–H and O–H groups in total. The monoisotopic (exact) mass is 274 g/mol. The summed E-state index contributed by atoms with van der Waals surface area (Å²) in [5, 5.41) is 10.2. The van der Waals surface area contributed by atoms with Gasteiger partial charge in [-0.15, -0.1) is 5.10 Å². The third kappa shape index (κ3) is 3.39. The summed E-state index contributed by atoms with van der Waals surface area (Å²) in [6, 6.07) is 6.38. The average Bonchev–Trinajstić information content (AvgIpc) is 2.86. The zero-order valence-electron chi connectivity index (χ0n) is 10.6. The molecule has 104 valence electrons. The molecule has 1 aromatic carbocycles. The summed E-state index contributed by atoms with van der Waals surface area (Å²) in [6.45, 7) is 0.274. The quantitative estimate of drug-likeness (QED) is 0.675. The number of primary amides is 1. The fraction of sp³-hybridized carbons (Fsp3) is 0.167. The Morgan fingerprint density at radius 2 is 2.15 bits per heavy atom. The minimum atomic E-state index is -0.551. The van der Waals surface area contributed by atoms with Gasteiger partial charge in [0, 0.05) is 17.8 Å². The Bertz CT molecular complexity index is 636. The molecule has 0 spiro atoms. The van der Waals surface area contributed by atoms with Crippen molar-refractivity contribution in [3.8, 4) is 0 Å². The van der Waals surface area contributed by atoms with Gasteiger partial charge in [0.2, 0.25) is 11.8 Å². The van der Waals surface area contributed by atoms with Crippen LogP contribution in [0.15, 0.2) is 30.5 Å². The normalized spacial score (nSPS) is 10.2. The molecule has 2 aromatic rings. The Morgan fingerprint density at radius 1 is 1.35 bits per heavy atom. The smallest absolute Gasteiger partial charge is 0.248 e. The highest BCUT2D eigenvalue weighted by Crippen LogP contribution is 2.10. The number of rotatable bonds is 5. The van der Waals surface area contributed by atoms with Gasteiger partial charge in [-0.1, -0.05) is 11.3 Å². The molecule has 0 aliphatic carbocycles. The van der Waals surface area contributed by atoms with Crippen LogP contribution in [0.4, 0.5) is 5.69 Å². The topological polar surface area (TPSA) is 129 Å². The summed E-state index contributed by atoms with van der Waals surface area (Å²) >= 11 is 0. The summed E-state index contributed by atoms with van der Waals surface area (Å²) in [4.78, 5) is 22.9. The lowest BCUT2D eigenvalue weighted by molar-refractivity contribution is -0.116. The first-order chi connectivity index (χ1) is 9.58. The molecule has 1 heterocycles. The SMILES string of the molecule is NCc1cn(CC(=O)Nc2cccc(C(N)=O)c2)nn1. The van der Waals surface area contributed by atoms with Gasteiger partial charge in [0.15, 0.2) is 0 Å². The lowest BCUT2D eigenvalue weighted by Crippen LogP contribution is -2.19. The van der Waals surface area contributed by atoms with Gasteiger partial charge in [-0.2, -0.15) is 0 Å². The molecule has 0 aliphatic heterocycles. The maximum absolute atomic E-state index is 11.8. The van der Waals surface area contributed by atoms with Crippen LogP contribution in [0.3, 0.4) is 0 Å². The van der Waals surface area contributed by atoms with Crippen LogP contribution < -0.4 is 16.8 Å². The van der Waals surface area contributed by atoms with Gasteiger partial charge in [-0.25, -0.2) is 4.68 Å². The van der Waals surface area contributed by atoms with Crippen molar-refractivity contribution in [3.63, 3.8) is 0 Å². The van der Waals surface area contributed by atoms with Crippen LogP contribution in [-0.4, -0.2) is 26.8 Å². The number of nitrogens with one attached hydrogen (secondary N) is 1. The van der Waals surface area contributed by atoms with E-state index in [-0.39, 0.29) is 19.0 Å². The molecular weight excluding hydrogens is 260 g/mol. The maximum atomic E-state index is 11.8. The molecule has 8 heteroatoms. The molecule has 0 atom stereocenters. The molecule has 0 radical (unpaired) electrons. The number of carbonyl (C=O) groups excluding carboxylic acids is 2. The van der Waals surface area contributed by atoms with Crippen molar-refractivity contribution in [1.82, 2.24) is 15.0 Å². The molecule has 0 unspecified atom stereocenters. The average molecular weight is 274 g/mol. The number of nitrogens with two attached hydrogens (primary N) is 2. The van der Waals surface area contributed by atoms with Crippen molar-refractivity contribution in [2.45, 2.75) is 13.1 Å². The molecule has 2 amide bonds. The first-order valence-corrected chi connectivity index (χ1v) is 5.87. The fourth-order valence-corrected chi connectivity index (χ4v) is 1.61. The number of hydrogen-bond donors (Lipinski definition) is 3. The minimum Gasteiger partial charge on any atom is -0.366 e. The number of benzene rings is 1. The van der Waals surface area contributed by atoms with Crippen molar-refractivity contribution in [3.05, 3.63) is 41.7 Å². The van der Waals surface area contributed by atoms with E-state index in [4.69, 9.17) is 11.5 Å². The number of aromatic nitrogens is 3. The van der Waals surface area contributed by atoms with E-state index in [1.807, 2.05) is 0 Å². The number of hydrogen-bond acceptors (Lipinski definition) is 5. The van der Waals surface area contributed by atoms with Crippen molar-refractivity contribution in [1.29, 1.82) is 0 Å². The highest BCUT2D eigenvalue weighted by atomic mass is 16.2. The summed E-state index contributed by atoms with van der Waals surface area (Å²) < 4.78 is 1.38. The van der Waals surface area contributed by atoms with Crippen molar-refractivity contribution >= 4 is 17.5 Å². The van der Waals surface area contributed by atoms with Gasteiger partial charge < -0.3 is 16.8 Å². The van der Waals surface area contributed by atoms with Crippen molar-refractivity contribution < 1.29 is 9.59 Å². The second-order valence-corrected chi connectivity index (χ2v) is 4.10. The first kappa shape index (κ1) is 13.7. The number of amides is 2. The zero-order valence-corrected chi connectivity index (χ0v) is 10.6. The second-order valence-electron chi connectivity index (χ2n) is 4.10. The van der Waals surface area contributed by atoms with E-state index in [0.29, 0.717) is 16.9 Å². The molecule has 0 aliphatic rings. The maximum Gasteiger partial charge on any atom is 0.248 e. The Morgan fingerprint density at radius 3 is 2.80 bits per heavy atom. The van der Waals surface area contributed by atoms with E-state index in [0.717, 1.165) is 0 Å². The van der Waals surface area contributed by atoms with Gasteiger partial charge >= 0.3 is 0 Å². The third-order valence-corrected chi connectivity index (χ3v) is 2.53. The number of anilines is 1. The fourth-order valence-electron chi connectivity index (χ4n) is 1.61. The van der Waals surface area contributed by atoms with Gasteiger partial charge in [0.25, 0.3) is 0 Å². The minimum absolute atomic E-state index is 0.00774. The summed E-state index contributed by atoms with van der Waals surface area (Å²) in [5.74, 6) is -0.843. The number of carbonyl (C=O) groups is 2. The predicted octanol–water partition coefficient (Wildman–Crippen LogP) is -0.526. The lowest BCUT2D eigenvalue weighted by Gasteiger charge is -2.06. The zero-order chi connectivity index (χ0) is 14.5. The highest BCUT2D eigenvalue weighted by molar-refractivity contribution is 5.96. The van der Waals surface area contributed by atoms with E-state index in [1.165, 1.54) is 10.7 Å². The van der Waals surface area contributed by atoms with Crippen LogP contribution in [0.1, 0.15) is 16.1 Å². The molecule has 2 rings (SSSR count). The molecule has 0 saturated carbocycles. The van der Waals surface area contributed by atoms with E-state index in [1.54, 1.807) is 24.4 Å². The van der Waals surface area contributed by atoms with Gasteiger partial charge in [0.1, 0.15) is 6.54 Å². The molecular formula is C12H14N6O2. The lowest BCUT2D eigenvalue weighted by atomic mass is 10.2. The molecule has 0 saturated heterocycles. The van der Waals surface area contributed by atoms with E-state index >= 15 is 0 Å². The Labute approximate surface area is 114 Å². The standard InChI is InChI=1S/C12H14N6O2/c13-5-10-6-18(17-16-10)7-11(19)15-9-3-1-2-8(4-9)12(14)20/h1-4,6H,5,7,13H2,(H2,14,20)(H,15,19). The summed E-state index contributed by atoms with van der Waals surface area (Å²) in [7, 11) is 0. The van der Waals surface area contributed by atoms with Crippen LogP contribution in [0.25, 0.3) is 0 Å². The van der Waals surface area contributed by atoms with Crippen molar-refractivity contribution in [2.24, 2.45) is 11.5 Å². The van der Waals surface area contributed by atoms with Gasteiger partial charge in [-0.05, 0) is 18.2 Å². The van der Waals surface area contributed by atoms with E-state index < -0.39 is 5.91 Å². The Hall–Kier alpha value is -2.74. The highest BCUT2D eigenvalue weighted by Gasteiger charge is 2.07. The largest absolute Gasteiger partial charge is 0.366 e. The van der Waals surface area contributed by atoms with Gasteiger partial charge in [0.05, 0.1) is 11.9 Å². The van der Waals surface area contributed by atoms with Crippen LogP contribution in [0.2, 0.25) is 0 Å². The molecule has 20 heavy (non-hydrogen) atoms. The summed E-state index contributed by atoms with van der Waals surface area (Å²) in [6.07, 6.45) is 1.60. The molecule has 0 fully saturated rings. The predicted molar refractivity (Wildman–Crippen MR) is 71.5 cm³/mol. The Kier molecular flexibility index (Phi) is 4.06. The molecule has 1 aromatic heterocycles.